The first-order valence-corrected chi connectivity index (χ1v) is 4.75. The van der Waals surface area contributed by atoms with Gasteiger partial charge in [-0.25, -0.2) is 5.26 Å². The standard InChI is InChI=1S/C13H12.CHN/c1-11-7-5-6-10-13(11)12-8-3-2-4-9-12;1-2/h2-10H,1H3;1H. The fourth-order valence-electron chi connectivity index (χ4n) is 1.51. The van der Waals surface area contributed by atoms with E-state index in [2.05, 4.69) is 62.0 Å². The van der Waals surface area contributed by atoms with Gasteiger partial charge in [-0.3, -0.25) is 0 Å². The molecule has 0 unspecified atom stereocenters. The van der Waals surface area contributed by atoms with Crippen LogP contribution >= 0.6 is 0 Å². The Balaban J connectivity index is 0.000000531. The molecule has 1 nitrogen and oxygen atoms in total. The lowest BCUT2D eigenvalue weighted by Gasteiger charge is -2.04. The molecule has 0 amide bonds. The second kappa shape index (κ2) is 5.62. The van der Waals surface area contributed by atoms with Gasteiger partial charge >= 0.3 is 0 Å². The van der Waals surface area contributed by atoms with Gasteiger partial charge in [-0.1, -0.05) is 54.6 Å². The fraction of sp³-hybridized carbons (Fsp3) is 0.0714. The predicted octanol–water partition coefficient (Wildman–Crippen LogP) is 3.80. The van der Waals surface area contributed by atoms with Crippen molar-refractivity contribution in [3.8, 4) is 17.7 Å². The van der Waals surface area contributed by atoms with Gasteiger partial charge in [0.15, 0.2) is 0 Å². The van der Waals surface area contributed by atoms with E-state index < -0.39 is 0 Å². The summed E-state index contributed by atoms with van der Waals surface area (Å²) in [5.74, 6) is 0. The number of hydrogen-bond donors (Lipinski definition) is 0. The summed E-state index contributed by atoms with van der Waals surface area (Å²) >= 11 is 0. The first-order valence-electron chi connectivity index (χ1n) is 4.75. The Morgan fingerprint density at radius 3 is 1.93 bits per heavy atom. The zero-order valence-corrected chi connectivity index (χ0v) is 8.72. The van der Waals surface area contributed by atoms with Crippen LogP contribution in [-0.2, 0) is 0 Å². The Bertz CT molecular complexity index is 429. The molecule has 2 rings (SSSR count). The Kier molecular flexibility index (Phi) is 4.12. The summed E-state index contributed by atoms with van der Waals surface area (Å²) in [5.41, 5.74) is 3.94. The van der Waals surface area contributed by atoms with Crippen molar-refractivity contribution in [1.82, 2.24) is 0 Å². The van der Waals surface area contributed by atoms with Gasteiger partial charge in [-0.2, -0.15) is 0 Å². The topological polar surface area (TPSA) is 23.8 Å². The van der Waals surface area contributed by atoms with Crippen molar-refractivity contribution in [1.29, 1.82) is 5.26 Å². The molecular weight excluding hydrogens is 182 g/mol. The Morgan fingerprint density at radius 1 is 0.800 bits per heavy atom. The number of nitrogens with zero attached hydrogens (tertiary/aromatic N) is 1. The maximum atomic E-state index is 6.50. The second-order valence-electron chi connectivity index (χ2n) is 3.18. The minimum Gasteiger partial charge on any atom is -0.202 e. The molecule has 0 atom stereocenters. The van der Waals surface area contributed by atoms with E-state index in [9.17, 15) is 0 Å². The molecule has 0 bridgehead atoms. The highest BCUT2D eigenvalue weighted by Gasteiger charge is 1.97. The van der Waals surface area contributed by atoms with Crippen LogP contribution in [0.15, 0.2) is 54.6 Å². The molecule has 2 aromatic carbocycles. The smallest absolute Gasteiger partial charge is 0.0462 e. The zero-order chi connectivity index (χ0) is 11.1. The van der Waals surface area contributed by atoms with Gasteiger partial charge in [0.2, 0.25) is 0 Å². The molecule has 0 aliphatic rings. The third kappa shape index (κ3) is 2.69. The minimum absolute atomic E-state index is 1.29. The SMILES string of the molecule is C#N.Cc1ccccc1-c1ccccc1. The summed E-state index contributed by atoms with van der Waals surface area (Å²) in [6.45, 7) is 5.64. The van der Waals surface area contributed by atoms with E-state index in [0.717, 1.165) is 0 Å². The van der Waals surface area contributed by atoms with Crippen LogP contribution in [0, 0.1) is 18.8 Å². The lowest BCUT2D eigenvalue weighted by Crippen LogP contribution is -1.80. The van der Waals surface area contributed by atoms with E-state index in [1.54, 1.807) is 0 Å². The summed E-state index contributed by atoms with van der Waals surface area (Å²) < 4.78 is 0. The number of hydrogen-bond acceptors (Lipinski definition) is 1. The summed E-state index contributed by atoms with van der Waals surface area (Å²) in [4.78, 5) is 0. The van der Waals surface area contributed by atoms with Crippen molar-refractivity contribution in [3.05, 3.63) is 60.2 Å². The molecule has 15 heavy (non-hydrogen) atoms. The van der Waals surface area contributed by atoms with Crippen LogP contribution in [0.5, 0.6) is 0 Å². The summed E-state index contributed by atoms with van der Waals surface area (Å²) in [5, 5.41) is 6.50. The molecule has 0 fully saturated rings. The number of benzene rings is 2. The van der Waals surface area contributed by atoms with Crippen molar-refractivity contribution < 1.29 is 0 Å². The highest BCUT2D eigenvalue weighted by molar-refractivity contribution is 5.66. The van der Waals surface area contributed by atoms with Gasteiger partial charge in [-0.15, -0.1) is 0 Å². The van der Waals surface area contributed by atoms with Crippen molar-refractivity contribution in [2.24, 2.45) is 0 Å². The first-order chi connectivity index (χ1) is 7.38. The van der Waals surface area contributed by atoms with Crippen LogP contribution in [0.25, 0.3) is 11.1 Å². The van der Waals surface area contributed by atoms with Crippen LogP contribution in [0.1, 0.15) is 5.56 Å². The summed E-state index contributed by atoms with van der Waals surface area (Å²) in [7, 11) is 0. The highest BCUT2D eigenvalue weighted by Crippen LogP contribution is 2.21. The van der Waals surface area contributed by atoms with Gasteiger partial charge < -0.3 is 0 Å². The lowest BCUT2D eigenvalue weighted by atomic mass is 10.0. The van der Waals surface area contributed by atoms with Gasteiger partial charge in [0, 0.05) is 6.57 Å². The summed E-state index contributed by atoms with van der Waals surface area (Å²) in [6, 6.07) is 18.9. The van der Waals surface area contributed by atoms with Crippen molar-refractivity contribution >= 4 is 0 Å². The molecule has 0 spiro atoms. The highest BCUT2D eigenvalue weighted by atomic mass is 14.2. The van der Waals surface area contributed by atoms with Crippen LogP contribution in [0.4, 0.5) is 0 Å². The fourth-order valence-corrected chi connectivity index (χ4v) is 1.51. The Hall–Kier alpha value is -2.07. The van der Waals surface area contributed by atoms with E-state index in [0.29, 0.717) is 0 Å². The van der Waals surface area contributed by atoms with E-state index in [-0.39, 0.29) is 0 Å². The average molecular weight is 195 g/mol. The maximum Gasteiger partial charge on any atom is 0.0462 e. The number of aryl methyl sites for hydroxylation is 1. The molecule has 0 aromatic heterocycles. The third-order valence-corrected chi connectivity index (χ3v) is 2.23. The van der Waals surface area contributed by atoms with Crippen LogP contribution in [0.2, 0.25) is 0 Å². The largest absolute Gasteiger partial charge is 0.202 e. The van der Waals surface area contributed by atoms with E-state index >= 15 is 0 Å². The Morgan fingerprint density at radius 2 is 1.33 bits per heavy atom. The monoisotopic (exact) mass is 195 g/mol. The van der Waals surface area contributed by atoms with E-state index in [4.69, 9.17) is 5.26 Å². The average Bonchev–Trinajstić information content (AvgIpc) is 2.33. The normalized spacial score (nSPS) is 8.73. The predicted molar refractivity (Wildman–Crippen MR) is 63.3 cm³/mol. The second-order valence-corrected chi connectivity index (χ2v) is 3.18. The van der Waals surface area contributed by atoms with Crippen LogP contribution in [0.3, 0.4) is 0 Å². The lowest BCUT2D eigenvalue weighted by molar-refractivity contribution is 1.46. The van der Waals surface area contributed by atoms with Gasteiger partial charge in [0.1, 0.15) is 0 Å². The quantitative estimate of drug-likeness (QED) is 0.679. The molecule has 0 radical (unpaired) electrons. The molecular formula is C14H13N. The number of nitriles is 1. The molecule has 74 valence electrons. The van der Waals surface area contributed by atoms with E-state index in [1.165, 1.54) is 16.7 Å². The first kappa shape index (κ1) is 11.0. The molecule has 0 N–H and O–H groups in total. The zero-order valence-electron chi connectivity index (χ0n) is 8.72. The molecule has 0 heterocycles. The van der Waals surface area contributed by atoms with Gasteiger partial charge in [-0.05, 0) is 23.6 Å². The van der Waals surface area contributed by atoms with Crippen molar-refractivity contribution in [2.75, 3.05) is 0 Å². The molecule has 1 heteroatoms. The summed E-state index contributed by atoms with van der Waals surface area (Å²) in [6.07, 6.45) is 0. The molecule has 0 saturated heterocycles. The molecule has 0 aliphatic carbocycles. The number of rotatable bonds is 1. The van der Waals surface area contributed by atoms with Gasteiger partial charge in [0.05, 0.1) is 0 Å². The van der Waals surface area contributed by atoms with Crippen LogP contribution in [-0.4, -0.2) is 0 Å². The van der Waals surface area contributed by atoms with E-state index in [1.807, 2.05) is 6.07 Å². The van der Waals surface area contributed by atoms with Gasteiger partial charge in [0.25, 0.3) is 0 Å². The van der Waals surface area contributed by atoms with Crippen LogP contribution < -0.4 is 0 Å². The Labute approximate surface area is 90.6 Å². The molecule has 2 aromatic rings. The molecule has 0 saturated carbocycles. The minimum atomic E-state index is 1.29. The maximum absolute atomic E-state index is 6.50. The van der Waals surface area contributed by atoms with Crippen molar-refractivity contribution in [2.45, 2.75) is 6.92 Å². The third-order valence-electron chi connectivity index (χ3n) is 2.23. The molecule has 0 aliphatic heterocycles. The van der Waals surface area contributed by atoms with Crippen molar-refractivity contribution in [3.63, 3.8) is 0 Å².